The minimum atomic E-state index is -0.0734. The van der Waals surface area contributed by atoms with Crippen molar-refractivity contribution in [2.24, 2.45) is 4.99 Å². The molecular formula is C22H31IN4O. The molecule has 5 nitrogen and oxygen atoms in total. The van der Waals surface area contributed by atoms with E-state index >= 15 is 0 Å². The molecule has 0 radical (unpaired) electrons. The predicted molar refractivity (Wildman–Crippen MR) is 129 cm³/mol. The fourth-order valence-electron chi connectivity index (χ4n) is 2.73. The van der Waals surface area contributed by atoms with Gasteiger partial charge in [-0.25, -0.2) is 4.99 Å². The van der Waals surface area contributed by atoms with Gasteiger partial charge >= 0.3 is 0 Å². The largest absolute Gasteiger partial charge is 0.357 e. The Morgan fingerprint density at radius 3 is 2.46 bits per heavy atom. The Balaban J connectivity index is 0.00000392. The summed E-state index contributed by atoms with van der Waals surface area (Å²) in [5.74, 6) is 1.11. The Morgan fingerprint density at radius 2 is 1.82 bits per heavy atom. The zero-order chi connectivity index (χ0) is 19.6. The summed E-state index contributed by atoms with van der Waals surface area (Å²) in [6.07, 6.45) is 0. The van der Waals surface area contributed by atoms with Crippen molar-refractivity contribution in [1.29, 1.82) is 0 Å². The van der Waals surface area contributed by atoms with Crippen LogP contribution in [0.15, 0.2) is 53.5 Å². The van der Waals surface area contributed by atoms with Gasteiger partial charge in [-0.3, -0.25) is 4.79 Å². The molecule has 0 fully saturated rings. The average molecular weight is 494 g/mol. The van der Waals surface area contributed by atoms with Gasteiger partial charge in [0.15, 0.2) is 5.96 Å². The van der Waals surface area contributed by atoms with Crippen LogP contribution in [-0.4, -0.2) is 25.0 Å². The molecular weight excluding hydrogens is 463 g/mol. The van der Waals surface area contributed by atoms with Gasteiger partial charge in [-0.2, -0.15) is 0 Å². The number of hydrogen-bond donors (Lipinski definition) is 3. The molecule has 0 aliphatic heterocycles. The second-order valence-electron chi connectivity index (χ2n) is 6.77. The first-order valence-corrected chi connectivity index (χ1v) is 9.43. The molecule has 0 saturated heterocycles. The highest BCUT2D eigenvalue weighted by Crippen LogP contribution is 2.15. The number of amides is 1. The Hall–Kier alpha value is -2.09. The van der Waals surface area contributed by atoms with Gasteiger partial charge in [-0.15, -0.1) is 24.0 Å². The highest BCUT2D eigenvalue weighted by atomic mass is 127. The quantitative estimate of drug-likeness (QED) is 0.303. The van der Waals surface area contributed by atoms with Crippen molar-refractivity contribution >= 4 is 41.5 Å². The van der Waals surface area contributed by atoms with Crippen LogP contribution in [0.1, 0.15) is 43.4 Å². The van der Waals surface area contributed by atoms with Gasteiger partial charge in [0.05, 0.1) is 6.54 Å². The first kappa shape index (κ1) is 23.9. The van der Waals surface area contributed by atoms with Crippen LogP contribution < -0.4 is 16.0 Å². The molecule has 152 valence electrons. The molecule has 3 N–H and O–H groups in total. The van der Waals surface area contributed by atoms with Crippen LogP contribution >= 0.6 is 24.0 Å². The molecule has 1 amide bonds. The number of carbonyl (C=O) groups is 1. The zero-order valence-electron chi connectivity index (χ0n) is 17.1. The highest BCUT2D eigenvalue weighted by molar-refractivity contribution is 14.0. The zero-order valence-corrected chi connectivity index (χ0v) is 19.4. The van der Waals surface area contributed by atoms with Crippen LogP contribution in [0.5, 0.6) is 0 Å². The summed E-state index contributed by atoms with van der Waals surface area (Å²) in [6, 6.07) is 16.4. The number of anilines is 1. The van der Waals surface area contributed by atoms with Crippen molar-refractivity contribution < 1.29 is 4.79 Å². The maximum Gasteiger partial charge on any atom is 0.221 e. The lowest BCUT2D eigenvalue weighted by Crippen LogP contribution is -2.39. The Kier molecular flexibility index (Phi) is 10.6. The third-order valence-electron chi connectivity index (χ3n) is 4.23. The summed E-state index contributed by atoms with van der Waals surface area (Å²) < 4.78 is 0. The summed E-state index contributed by atoms with van der Waals surface area (Å²) >= 11 is 0. The molecule has 1 unspecified atom stereocenters. The number of benzene rings is 2. The van der Waals surface area contributed by atoms with E-state index in [-0.39, 0.29) is 29.9 Å². The standard InChI is InChI=1S/C22H30N4O.HI/c1-5-23-22(24-14-17(3)20-11-9-16(2)10-12-20)25-15-19-7-6-8-21(13-19)26-18(4)27;/h6-13,17H,5,14-15H2,1-4H3,(H,26,27)(H2,23,24,25);1H. The summed E-state index contributed by atoms with van der Waals surface area (Å²) in [7, 11) is 0. The third kappa shape index (κ3) is 8.29. The van der Waals surface area contributed by atoms with E-state index in [1.165, 1.54) is 18.1 Å². The van der Waals surface area contributed by atoms with Crippen molar-refractivity contribution in [1.82, 2.24) is 10.6 Å². The van der Waals surface area contributed by atoms with Gasteiger partial charge in [0, 0.05) is 25.7 Å². The number of hydrogen-bond acceptors (Lipinski definition) is 2. The van der Waals surface area contributed by atoms with Crippen LogP contribution in [0.25, 0.3) is 0 Å². The number of nitrogens with one attached hydrogen (secondary N) is 3. The Morgan fingerprint density at radius 1 is 1.11 bits per heavy atom. The number of carbonyl (C=O) groups excluding carboxylic acids is 1. The Labute approximate surface area is 185 Å². The van der Waals surface area contributed by atoms with Gasteiger partial charge in [-0.1, -0.05) is 48.9 Å². The van der Waals surface area contributed by atoms with E-state index in [1.807, 2.05) is 24.3 Å². The van der Waals surface area contributed by atoms with Crippen molar-refractivity contribution in [2.75, 3.05) is 18.4 Å². The fraction of sp³-hybridized carbons (Fsp3) is 0.364. The summed E-state index contributed by atoms with van der Waals surface area (Å²) in [6.45, 7) is 10.0. The van der Waals surface area contributed by atoms with Crippen LogP contribution in [-0.2, 0) is 11.3 Å². The topological polar surface area (TPSA) is 65.5 Å². The van der Waals surface area contributed by atoms with E-state index in [9.17, 15) is 4.79 Å². The molecule has 2 aromatic rings. The van der Waals surface area contributed by atoms with Crippen LogP contribution in [0.2, 0.25) is 0 Å². The van der Waals surface area contributed by atoms with Gasteiger partial charge in [-0.05, 0) is 43.0 Å². The maximum atomic E-state index is 11.2. The first-order valence-electron chi connectivity index (χ1n) is 9.43. The number of rotatable bonds is 7. The molecule has 28 heavy (non-hydrogen) atoms. The third-order valence-corrected chi connectivity index (χ3v) is 4.23. The van der Waals surface area contributed by atoms with E-state index in [2.05, 4.69) is 66.0 Å². The normalized spacial score (nSPS) is 11.9. The van der Waals surface area contributed by atoms with E-state index in [1.54, 1.807) is 0 Å². The first-order chi connectivity index (χ1) is 13.0. The molecule has 0 saturated carbocycles. The van der Waals surface area contributed by atoms with Crippen molar-refractivity contribution in [3.8, 4) is 0 Å². The molecule has 0 aromatic heterocycles. The minimum absolute atomic E-state index is 0. The molecule has 0 aliphatic carbocycles. The molecule has 2 aromatic carbocycles. The van der Waals surface area contributed by atoms with Gasteiger partial charge in [0.1, 0.15) is 0 Å². The summed E-state index contributed by atoms with van der Waals surface area (Å²) in [5, 5.41) is 9.51. The lowest BCUT2D eigenvalue weighted by atomic mass is 10.0. The molecule has 2 rings (SSSR count). The Bertz CT molecular complexity index is 774. The number of nitrogens with zero attached hydrogens (tertiary/aromatic N) is 1. The van der Waals surface area contributed by atoms with E-state index in [0.717, 1.165) is 30.3 Å². The van der Waals surface area contributed by atoms with Gasteiger partial charge < -0.3 is 16.0 Å². The lowest BCUT2D eigenvalue weighted by molar-refractivity contribution is -0.114. The van der Waals surface area contributed by atoms with E-state index < -0.39 is 0 Å². The molecule has 0 spiro atoms. The molecule has 6 heteroatoms. The SMILES string of the molecule is CCNC(=NCc1cccc(NC(C)=O)c1)NCC(C)c1ccc(C)cc1.I. The van der Waals surface area contributed by atoms with E-state index in [4.69, 9.17) is 0 Å². The second-order valence-corrected chi connectivity index (χ2v) is 6.77. The lowest BCUT2D eigenvalue weighted by Gasteiger charge is -2.16. The molecule has 1 atom stereocenters. The van der Waals surface area contributed by atoms with Crippen molar-refractivity contribution in [3.63, 3.8) is 0 Å². The average Bonchev–Trinajstić information content (AvgIpc) is 2.64. The second kappa shape index (κ2) is 12.4. The number of guanidine groups is 1. The molecule has 0 heterocycles. The van der Waals surface area contributed by atoms with Crippen molar-refractivity contribution in [3.05, 3.63) is 65.2 Å². The fourth-order valence-corrected chi connectivity index (χ4v) is 2.73. The monoisotopic (exact) mass is 494 g/mol. The highest BCUT2D eigenvalue weighted by Gasteiger charge is 2.07. The van der Waals surface area contributed by atoms with Gasteiger partial charge in [0.25, 0.3) is 0 Å². The van der Waals surface area contributed by atoms with Crippen LogP contribution in [0.3, 0.4) is 0 Å². The minimum Gasteiger partial charge on any atom is -0.357 e. The smallest absolute Gasteiger partial charge is 0.221 e. The number of aryl methyl sites for hydroxylation is 1. The maximum absolute atomic E-state index is 11.2. The van der Waals surface area contributed by atoms with Crippen LogP contribution in [0.4, 0.5) is 5.69 Å². The molecule has 0 aliphatic rings. The predicted octanol–water partition coefficient (Wildman–Crippen LogP) is 4.43. The van der Waals surface area contributed by atoms with Crippen LogP contribution in [0, 0.1) is 6.92 Å². The summed E-state index contributed by atoms with van der Waals surface area (Å²) in [4.78, 5) is 15.9. The number of aliphatic imine (C=N–C) groups is 1. The van der Waals surface area contributed by atoms with Gasteiger partial charge in [0.2, 0.25) is 5.91 Å². The number of halogens is 1. The molecule has 0 bridgehead atoms. The van der Waals surface area contributed by atoms with E-state index in [0.29, 0.717) is 12.5 Å². The summed E-state index contributed by atoms with van der Waals surface area (Å²) in [5.41, 5.74) is 4.42. The van der Waals surface area contributed by atoms with Crippen molar-refractivity contribution in [2.45, 2.75) is 40.2 Å².